The second-order valence-corrected chi connectivity index (χ2v) is 7.23. The summed E-state index contributed by atoms with van der Waals surface area (Å²) in [5.41, 5.74) is 0.882. The first-order valence-corrected chi connectivity index (χ1v) is 9.24. The van der Waals surface area contributed by atoms with Gasteiger partial charge in [0.25, 0.3) is 0 Å². The third kappa shape index (κ3) is 3.30. The van der Waals surface area contributed by atoms with E-state index in [-0.39, 0.29) is 11.6 Å². The normalized spacial score (nSPS) is 22.3. The Balaban J connectivity index is 1.41. The Kier molecular flexibility index (Phi) is 4.25. The lowest BCUT2D eigenvalue weighted by Crippen LogP contribution is -2.46. The molecule has 0 bridgehead atoms. The average Bonchev–Trinajstić information content (AvgIpc) is 3.40. The molecule has 1 aromatic carbocycles. The molecule has 2 fully saturated rings. The predicted octanol–water partition coefficient (Wildman–Crippen LogP) is 3.47. The summed E-state index contributed by atoms with van der Waals surface area (Å²) in [5, 5.41) is 6.39. The third-order valence-electron chi connectivity index (χ3n) is 5.39. The Hall–Kier alpha value is -1.91. The van der Waals surface area contributed by atoms with Gasteiger partial charge in [0.15, 0.2) is 11.5 Å². The maximum absolute atomic E-state index is 12.5. The number of fused-ring (bicyclic) bond motifs is 1. The Labute approximate surface area is 143 Å². The van der Waals surface area contributed by atoms with Crippen LogP contribution in [-0.2, 0) is 5.54 Å². The zero-order chi connectivity index (χ0) is 16.4. The standard InChI is InChI=1S/C19H26N2O3/c22-18(20-15-5-3-1-2-4-6-15)21-19(9-10-19)14-7-8-16-17(13-14)24-12-11-23-16/h7-8,13,15H,1-6,9-12H2,(H2,20,21,22). The van der Waals surface area contributed by atoms with Gasteiger partial charge in [-0.1, -0.05) is 31.7 Å². The van der Waals surface area contributed by atoms with Crippen LogP contribution < -0.4 is 20.1 Å². The van der Waals surface area contributed by atoms with E-state index in [0.717, 1.165) is 42.7 Å². The molecular formula is C19H26N2O3. The molecule has 2 amide bonds. The smallest absolute Gasteiger partial charge is 0.315 e. The first-order chi connectivity index (χ1) is 11.8. The number of nitrogens with one attached hydrogen (secondary N) is 2. The summed E-state index contributed by atoms with van der Waals surface area (Å²) in [4.78, 5) is 12.5. The molecule has 1 heterocycles. The van der Waals surface area contributed by atoms with Gasteiger partial charge in [-0.3, -0.25) is 0 Å². The van der Waals surface area contributed by atoms with E-state index in [9.17, 15) is 4.79 Å². The summed E-state index contributed by atoms with van der Waals surface area (Å²) in [6, 6.07) is 6.31. The van der Waals surface area contributed by atoms with Gasteiger partial charge in [0.2, 0.25) is 0 Å². The van der Waals surface area contributed by atoms with Crippen molar-refractivity contribution < 1.29 is 14.3 Å². The lowest BCUT2D eigenvalue weighted by molar-refractivity contribution is 0.171. The second kappa shape index (κ2) is 6.54. The van der Waals surface area contributed by atoms with Gasteiger partial charge in [-0.15, -0.1) is 0 Å². The number of urea groups is 1. The molecule has 1 aromatic rings. The van der Waals surface area contributed by atoms with Crippen molar-refractivity contribution in [1.82, 2.24) is 10.6 Å². The highest BCUT2D eigenvalue weighted by atomic mass is 16.6. The van der Waals surface area contributed by atoms with Crippen molar-refractivity contribution in [3.63, 3.8) is 0 Å². The van der Waals surface area contributed by atoms with Gasteiger partial charge in [0, 0.05) is 6.04 Å². The molecule has 24 heavy (non-hydrogen) atoms. The summed E-state index contributed by atoms with van der Waals surface area (Å²) in [6.45, 7) is 1.18. The van der Waals surface area contributed by atoms with Crippen molar-refractivity contribution in [2.75, 3.05) is 13.2 Å². The fourth-order valence-corrected chi connectivity index (χ4v) is 3.81. The molecule has 4 rings (SSSR count). The molecule has 5 heteroatoms. The summed E-state index contributed by atoms with van der Waals surface area (Å²) in [7, 11) is 0. The van der Waals surface area contributed by atoms with Gasteiger partial charge in [0.1, 0.15) is 13.2 Å². The van der Waals surface area contributed by atoms with Crippen molar-refractivity contribution in [1.29, 1.82) is 0 Å². The first kappa shape index (κ1) is 15.6. The minimum absolute atomic E-state index is 0.0331. The number of carbonyl (C=O) groups is 1. The largest absolute Gasteiger partial charge is 0.486 e. The van der Waals surface area contributed by atoms with Crippen molar-refractivity contribution >= 4 is 6.03 Å². The SMILES string of the molecule is O=C(NC1CCCCCC1)NC1(c2ccc3c(c2)OCCO3)CC1. The van der Waals surface area contributed by atoms with Gasteiger partial charge in [0.05, 0.1) is 5.54 Å². The molecule has 130 valence electrons. The van der Waals surface area contributed by atoms with E-state index in [1.165, 1.54) is 25.7 Å². The van der Waals surface area contributed by atoms with E-state index in [2.05, 4.69) is 10.6 Å². The van der Waals surface area contributed by atoms with Gasteiger partial charge in [-0.2, -0.15) is 0 Å². The zero-order valence-electron chi connectivity index (χ0n) is 14.1. The van der Waals surface area contributed by atoms with Crippen molar-refractivity contribution in [2.45, 2.75) is 62.9 Å². The molecule has 3 aliphatic rings. The van der Waals surface area contributed by atoms with Gasteiger partial charge < -0.3 is 20.1 Å². The molecule has 5 nitrogen and oxygen atoms in total. The maximum atomic E-state index is 12.5. The number of hydrogen-bond donors (Lipinski definition) is 2. The van der Waals surface area contributed by atoms with E-state index in [4.69, 9.17) is 9.47 Å². The summed E-state index contributed by atoms with van der Waals surface area (Å²) < 4.78 is 11.3. The molecule has 2 N–H and O–H groups in total. The lowest BCUT2D eigenvalue weighted by Gasteiger charge is -2.24. The van der Waals surface area contributed by atoms with Crippen LogP contribution in [0.3, 0.4) is 0 Å². The lowest BCUT2D eigenvalue weighted by atomic mass is 10.0. The molecule has 0 aromatic heterocycles. The van der Waals surface area contributed by atoms with Crippen LogP contribution in [0.25, 0.3) is 0 Å². The van der Waals surface area contributed by atoms with Crippen LogP contribution in [0.2, 0.25) is 0 Å². The van der Waals surface area contributed by atoms with Crippen LogP contribution in [0.4, 0.5) is 4.79 Å². The Morgan fingerprint density at radius 2 is 1.71 bits per heavy atom. The summed E-state index contributed by atoms with van der Waals surface area (Å²) >= 11 is 0. The van der Waals surface area contributed by atoms with Crippen LogP contribution in [-0.4, -0.2) is 25.3 Å². The number of amides is 2. The molecule has 1 aliphatic heterocycles. The molecule has 0 radical (unpaired) electrons. The molecule has 2 saturated carbocycles. The minimum atomic E-state index is -0.231. The number of hydrogen-bond acceptors (Lipinski definition) is 3. The third-order valence-corrected chi connectivity index (χ3v) is 5.39. The zero-order valence-corrected chi connectivity index (χ0v) is 14.1. The number of benzene rings is 1. The number of rotatable bonds is 3. The fourth-order valence-electron chi connectivity index (χ4n) is 3.81. The quantitative estimate of drug-likeness (QED) is 0.834. The van der Waals surface area contributed by atoms with Crippen LogP contribution >= 0.6 is 0 Å². The minimum Gasteiger partial charge on any atom is -0.486 e. The molecule has 2 aliphatic carbocycles. The summed E-state index contributed by atoms with van der Waals surface area (Å²) in [5.74, 6) is 1.58. The highest BCUT2D eigenvalue weighted by molar-refractivity contribution is 5.76. The van der Waals surface area contributed by atoms with Gasteiger partial charge in [-0.25, -0.2) is 4.79 Å². The fraction of sp³-hybridized carbons (Fsp3) is 0.632. The topological polar surface area (TPSA) is 59.6 Å². The van der Waals surface area contributed by atoms with E-state index in [1.54, 1.807) is 0 Å². The van der Waals surface area contributed by atoms with Crippen LogP contribution in [0.5, 0.6) is 11.5 Å². The molecular weight excluding hydrogens is 304 g/mol. The first-order valence-electron chi connectivity index (χ1n) is 9.24. The van der Waals surface area contributed by atoms with Gasteiger partial charge >= 0.3 is 6.03 Å². The Morgan fingerprint density at radius 1 is 1.00 bits per heavy atom. The maximum Gasteiger partial charge on any atom is 0.315 e. The van der Waals surface area contributed by atoms with Crippen LogP contribution in [0.1, 0.15) is 56.9 Å². The molecule has 0 saturated heterocycles. The summed E-state index contributed by atoms with van der Waals surface area (Å²) in [6.07, 6.45) is 9.18. The molecule has 0 atom stereocenters. The van der Waals surface area contributed by atoms with Gasteiger partial charge in [-0.05, 0) is 43.4 Å². The van der Waals surface area contributed by atoms with Crippen molar-refractivity contribution in [3.8, 4) is 11.5 Å². The second-order valence-electron chi connectivity index (χ2n) is 7.23. The highest BCUT2D eigenvalue weighted by Gasteiger charge is 2.46. The monoisotopic (exact) mass is 330 g/mol. The molecule has 0 spiro atoms. The van der Waals surface area contributed by atoms with E-state index in [0.29, 0.717) is 19.3 Å². The van der Waals surface area contributed by atoms with Crippen molar-refractivity contribution in [3.05, 3.63) is 23.8 Å². The van der Waals surface area contributed by atoms with E-state index >= 15 is 0 Å². The predicted molar refractivity (Wildman–Crippen MR) is 91.5 cm³/mol. The average molecular weight is 330 g/mol. The Bertz CT molecular complexity index is 605. The Morgan fingerprint density at radius 3 is 2.42 bits per heavy atom. The van der Waals surface area contributed by atoms with Crippen LogP contribution in [0.15, 0.2) is 18.2 Å². The van der Waals surface area contributed by atoms with Crippen molar-refractivity contribution in [2.24, 2.45) is 0 Å². The van der Waals surface area contributed by atoms with E-state index in [1.807, 2.05) is 18.2 Å². The number of carbonyl (C=O) groups excluding carboxylic acids is 1. The number of ether oxygens (including phenoxy) is 2. The van der Waals surface area contributed by atoms with Crippen LogP contribution in [0, 0.1) is 0 Å². The van der Waals surface area contributed by atoms with E-state index < -0.39 is 0 Å². The highest BCUT2D eigenvalue weighted by Crippen LogP contribution is 2.47. The molecule has 0 unspecified atom stereocenters.